The molecular formula is C19H19N3O2S. The third-order valence-corrected chi connectivity index (χ3v) is 4.47. The summed E-state index contributed by atoms with van der Waals surface area (Å²) in [6, 6.07) is 19.7. The number of hydrogen-bond donors (Lipinski definition) is 1. The fraction of sp³-hybridized carbons (Fsp3) is 0.211. The van der Waals surface area contributed by atoms with Crippen molar-refractivity contribution in [1.82, 2.24) is 15.5 Å². The Bertz CT molecular complexity index is 806. The number of rotatable bonds is 7. The van der Waals surface area contributed by atoms with Crippen LogP contribution in [-0.4, -0.2) is 21.9 Å². The molecule has 0 unspecified atom stereocenters. The van der Waals surface area contributed by atoms with E-state index >= 15 is 0 Å². The Morgan fingerprint density at radius 1 is 1.08 bits per heavy atom. The van der Waals surface area contributed by atoms with Gasteiger partial charge < -0.3 is 9.73 Å². The maximum Gasteiger partial charge on any atom is 0.277 e. The largest absolute Gasteiger partial charge is 0.416 e. The van der Waals surface area contributed by atoms with Crippen LogP contribution in [0, 0.1) is 0 Å². The third kappa shape index (κ3) is 5.19. The van der Waals surface area contributed by atoms with E-state index in [4.69, 9.17) is 4.42 Å². The Hall–Kier alpha value is -2.60. The zero-order valence-electron chi connectivity index (χ0n) is 13.9. The summed E-state index contributed by atoms with van der Waals surface area (Å²) in [6.07, 6.45) is 0.589. The van der Waals surface area contributed by atoms with Crippen molar-refractivity contribution in [3.05, 3.63) is 77.7 Å². The van der Waals surface area contributed by atoms with Crippen molar-refractivity contribution < 1.29 is 9.21 Å². The van der Waals surface area contributed by atoms with E-state index in [1.54, 1.807) is 0 Å². The van der Waals surface area contributed by atoms with E-state index in [2.05, 4.69) is 15.5 Å². The number of nitrogens with zero attached hydrogens (tertiary/aromatic N) is 2. The summed E-state index contributed by atoms with van der Waals surface area (Å²) in [4.78, 5) is 12.1. The molecule has 0 spiro atoms. The van der Waals surface area contributed by atoms with Crippen molar-refractivity contribution in [3.63, 3.8) is 0 Å². The molecule has 1 atom stereocenters. The van der Waals surface area contributed by atoms with Crippen molar-refractivity contribution in [2.45, 2.75) is 24.6 Å². The summed E-state index contributed by atoms with van der Waals surface area (Å²) in [5.41, 5.74) is 2.18. The summed E-state index contributed by atoms with van der Waals surface area (Å²) < 4.78 is 5.59. The van der Waals surface area contributed by atoms with Crippen LogP contribution in [0.1, 0.15) is 30.0 Å². The molecule has 5 nitrogen and oxygen atoms in total. The molecule has 0 aliphatic heterocycles. The van der Waals surface area contributed by atoms with Gasteiger partial charge in [0.1, 0.15) is 0 Å². The average Bonchev–Trinajstić information content (AvgIpc) is 3.09. The summed E-state index contributed by atoms with van der Waals surface area (Å²) in [6.45, 7) is 1.96. The maximum absolute atomic E-state index is 12.1. The molecule has 3 aromatic rings. The van der Waals surface area contributed by atoms with Crippen molar-refractivity contribution in [2.24, 2.45) is 0 Å². The maximum atomic E-state index is 12.1. The van der Waals surface area contributed by atoms with Crippen molar-refractivity contribution in [2.75, 3.05) is 5.75 Å². The third-order valence-electron chi connectivity index (χ3n) is 3.65. The molecule has 2 aromatic carbocycles. The zero-order chi connectivity index (χ0) is 17.5. The SMILES string of the molecule is C[C@H](NC(=O)CSc1nnc(Cc2ccccc2)o1)c1ccccc1. The van der Waals surface area contributed by atoms with Gasteiger partial charge >= 0.3 is 0 Å². The van der Waals surface area contributed by atoms with Crippen LogP contribution in [-0.2, 0) is 11.2 Å². The van der Waals surface area contributed by atoms with Gasteiger partial charge in [0.05, 0.1) is 18.2 Å². The van der Waals surface area contributed by atoms with Crippen LogP contribution in [0.15, 0.2) is 70.3 Å². The molecule has 128 valence electrons. The van der Waals surface area contributed by atoms with Gasteiger partial charge in [-0.2, -0.15) is 0 Å². The van der Waals surface area contributed by atoms with Crippen molar-refractivity contribution in [1.29, 1.82) is 0 Å². The number of benzene rings is 2. The van der Waals surface area contributed by atoms with E-state index in [1.165, 1.54) is 11.8 Å². The van der Waals surface area contributed by atoms with E-state index in [-0.39, 0.29) is 17.7 Å². The number of aromatic nitrogens is 2. The number of hydrogen-bond acceptors (Lipinski definition) is 5. The Labute approximate surface area is 150 Å². The number of thioether (sulfide) groups is 1. The molecule has 6 heteroatoms. The van der Waals surface area contributed by atoms with Gasteiger partial charge in [0.2, 0.25) is 11.8 Å². The second kappa shape index (κ2) is 8.48. The molecule has 1 N–H and O–H groups in total. The van der Waals surface area contributed by atoms with E-state index in [0.717, 1.165) is 11.1 Å². The Morgan fingerprint density at radius 2 is 1.76 bits per heavy atom. The zero-order valence-corrected chi connectivity index (χ0v) is 14.7. The molecule has 0 aliphatic rings. The predicted octanol–water partition coefficient (Wildman–Crippen LogP) is 3.63. The van der Waals surface area contributed by atoms with Gasteiger partial charge in [-0.3, -0.25) is 4.79 Å². The van der Waals surface area contributed by atoms with Crippen LogP contribution >= 0.6 is 11.8 Å². The Balaban J connectivity index is 1.48. The van der Waals surface area contributed by atoms with Gasteiger partial charge in [-0.1, -0.05) is 72.4 Å². The molecule has 0 aliphatic carbocycles. The molecule has 0 saturated carbocycles. The fourth-order valence-corrected chi connectivity index (χ4v) is 2.97. The van der Waals surface area contributed by atoms with Crippen LogP contribution in [0.3, 0.4) is 0 Å². The molecule has 1 heterocycles. The van der Waals surface area contributed by atoms with Crippen molar-refractivity contribution >= 4 is 17.7 Å². The molecule has 0 fully saturated rings. The molecular weight excluding hydrogens is 334 g/mol. The minimum atomic E-state index is -0.0656. The number of carbonyl (C=O) groups excluding carboxylic acids is 1. The van der Waals surface area contributed by atoms with Crippen molar-refractivity contribution in [3.8, 4) is 0 Å². The van der Waals surface area contributed by atoms with E-state index in [9.17, 15) is 4.79 Å². The highest BCUT2D eigenvalue weighted by molar-refractivity contribution is 7.99. The lowest BCUT2D eigenvalue weighted by Crippen LogP contribution is -2.28. The van der Waals surface area contributed by atoms with Crippen LogP contribution in [0.5, 0.6) is 0 Å². The molecule has 1 aromatic heterocycles. The lowest BCUT2D eigenvalue weighted by molar-refractivity contribution is -0.119. The minimum absolute atomic E-state index is 0.0365. The summed E-state index contributed by atoms with van der Waals surface area (Å²) in [5.74, 6) is 0.723. The highest BCUT2D eigenvalue weighted by atomic mass is 32.2. The minimum Gasteiger partial charge on any atom is -0.416 e. The van der Waals surface area contributed by atoms with Crippen LogP contribution in [0.25, 0.3) is 0 Å². The lowest BCUT2D eigenvalue weighted by atomic mass is 10.1. The normalized spacial score (nSPS) is 11.9. The van der Waals surface area contributed by atoms with Gasteiger partial charge in [-0.05, 0) is 18.1 Å². The highest BCUT2D eigenvalue weighted by Crippen LogP contribution is 2.18. The number of amides is 1. The summed E-state index contributed by atoms with van der Waals surface area (Å²) in [5, 5.41) is 11.4. The first kappa shape index (κ1) is 17.2. The first-order chi connectivity index (χ1) is 12.2. The topological polar surface area (TPSA) is 68.0 Å². The Kier molecular flexibility index (Phi) is 5.85. The van der Waals surface area contributed by atoms with Gasteiger partial charge in [0.25, 0.3) is 5.22 Å². The highest BCUT2D eigenvalue weighted by Gasteiger charge is 2.12. The average molecular weight is 353 g/mol. The van der Waals surface area contributed by atoms with Gasteiger partial charge in [0.15, 0.2) is 0 Å². The second-order valence-electron chi connectivity index (χ2n) is 5.61. The number of nitrogens with one attached hydrogen (secondary N) is 1. The Morgan fingerprint density at radius 3 is 2.48 bits per heavy atom. The van der Waals surface area contributed by atoms with Gasteiger partial charge in [0, 0.05) is 0 Å². The predicted molar refractivity (Wildman–Crippen MR) is 97.3 cm³/mol. The summed E-state index contributed by atoms with van der Waals surface area (Å²) >= 11 is 1.24. The first-order valence-corrected chi connectivity index (χ1v) is 9.02. The summed E-state index contributed by atoms with van der Waals surface area (Å²) in [7, 11) is 0. The second-order valence-corrected chi connectivity index (χ2v) is 6.54. The van der Waals surface area contributed by atoms with Gasteiger partial charge in [-0.25, -0.2) is 0 Å². The van der Waals surface area contributed by atoms with Crippen LogP contribution in [0.2, 0.25) is 0 Å². The molecule has 25 heavy (non-hydrogen) atoms. The van der Waals surface area contributed by atoms with E-state index < -0.39 is 0 Å². The van der Waals surface area contributed by atoms with Crippen LogP contribution < -0.4 is 5.32 Å². The smallest absolute Gasteiger partial charge is 0.277 e. The quantitative estimate of drug-likeness (QED) is 0.657. The van der Waals surface area contributed by atoms with E-state index in [1.807, 2.05) is 67.6 Å². The molecule has 0 saturated heterocycles. The van der Waals surface area contributed by atoms with E-state index in [0.29, 0.717) is 17.5 Å². The molecule has 3 rings (SSSR count). The molecule has 0 radical (unpaired) electrons. The fourth-order valence-electron chi connectivity index (χ4n) is 2.37. The number of carbonyl (C=O) groups is 1. The van der Waals surface area contributed by atoms with Crippen LogP contribution in [0.4, 0.5) is 0 Å². The molecule has 1 amide bonds. The van der Waals surface area contributed by atoms with Gasteiger partial charge in [-0.15, -0.1) is 10.2 Å². The first-order valence-electron chi connectivity index (χ1n) is 8.04. The monoisotopic (exact) mass is 353 g/mol. The lowest BCUT2D eigenvalue weighted by Gasteiger charge is -2.13. The molecule has 0 bridgehead atoms. The standard InChI is InChI=1S/C19H19N3O2S/c1-14(16-10-6-3-7-11-16)20-17(23)13-25-19-22-21-18(24-19)12-15-8-4-2-5-9-15/h2-11,14H,12-13H2,1H3,(H,20,23)/t14-/m0/s1.